The van der Waals surface area contributed by atoms with Gasteiger partial charge in [-0.3, -0.25) is 0 Å². The van der Waals surface area contributed by atoms with Gasteiger partial charge in [0.1, 0.15) is 5.75 Å². The van der Waals surface area contributed by atoms with Gasteiger partial charge in [0.05, 0.1) is 7.11 Å². The second-order valence-electron chi connectivity index (χ2n) is 3.80. The molecule has 18 heavy (non-hydrogen) atoms. The summed E-state index contributed by atoms with van der Waals surface area (Å²) in [5, 5.41) is 3.19. The first-order valence-electron chi connectivity index (χ1n) is 5.50. The summed E-state index contributed by atoms with van der Waals surface area (Å²) in [6, 6.07) is 15.8. The number of nitrogens with one attached hydrogen (secondary N) is 1. The van der Waals surface area contributed by atoms with Crippen molar-refractivity contribution in [1.29, 1.82) is 0 Å². The number of hydrogen-bond acceptors (Lipinski definition) is 2. The van der Waals surface area contributed by atoms with Gasteiger partial charge in [0.2, 0.25) is 0 Å². The average molecular weight is 258 g/mol. The van der Waals surface area contributed by atoms with Crippen LogP contribution in [-0.4, -0.2) is 12.2 Å². The fourth-order valence-corrected chi connectivity index (χ4v) is 1.82. The molecule has 0 aromatic heterocycles. The summed E-state index contributed by atoms with van der Waals surface area (Å²) in [6.45, 7) is 0. The van der Waals surface area contributed by atoms with Crippen LogP contribution in [0, 0.1) is 0 Å². The monoisotopic (exact) mass is 258 g/mol. The fourth-order valence-electron chi connectivity index (χ4n) is 1.70. The first-order valence-corrected chi connectivity index (χ1v) is 5.91. The second-order valence-corrected chi connectivity index (χ2v) is 4.24. The largest absolute Gasteiger partial charge is 0.497 e. The van der Waals surface area contributed by atoms with Crippen molar-refractivity contribution in [3.05, 3.63) is 48.5 Å². The van der Waals surface area contributed by atoms with Gasteiger partial charge in [0.15, 0.2) is 5.11 Å². The summed E-state index contributed by atoms with van der Waals surface area (Å²) < 4.78 is 5.14. The number of nitrogens with two attached hydrogens (primary N) is 1. The molecule has 0 aliphatic carbocycles. The maximum absolute atomic E-state index is 5.45. The number of hydrogen-bond donors (Lipinski definition) is 2. The molecule has 0 atom stereocenters. The smallest absolute Gasteiger partial charge is 0.168 e. The molecule has 0 amide bonds. The molecule has 0 saturated carbocycles. The van der Waals surface area contributed by atoms with E-state index in [1.165, 1.54) is 0 Å². The molecule has 0 heterocycles. The Labute approximate surface area is 112 Å². The zero-order valence-corrected chi connectivity index (χ0v) is 10.8. The van der Waals surface area contributed by atoms with Gasteiger partial charge < -0.3 is 15.8 Å². The molecule has 0 unspecified atom stereocenters. The van der Waals surface area contributed by atoms with Crippen LogP contribution >= 0.6 is 12.2 Å². The van der Waals surface area contributed by atoms with Gasteiger partial charge >= 0.3 is 0 Å². The lowest BCUT2D eigenvalue weighted by Gasteiger charge is -2.07. The summed E-state index contributed by atoms with van der Waals surface area (Å²) in [4.78, 5) is 0. The molecule has 3 N–H and O–H groups in total. The van der Waals surface area contributed by atoms with E-state index >= 15 is 0 Å². The molecular formula is C14H14N2OS. The summed E-state index contributed by atoms with van der Waals surface area (Å²) in [5.41, 5.74) is 8.55. The van der Waals surface area contributed by atoms with Gasteiger partial charge in [0, 0.05) is 5.69 Å². The highest BCUT2D eigenvalue weighted by Crippen LogP contribution is 2.24. The average Bonchev–Trinajstić information content (AvgIpc) is 2.38. The van der Waals surface area contributed by atoms with Crippen LogP contribution in [-0.2, 0) is 0 Å². The number of rotatable bonds is 3. The Bertz CT molecular complexity index is 552. The third-order valence-electron chi connectivity index (χ3n) is 2.55. The molecule has 0 aliphatic rings. The lowest BCUT2D eigenvalue weighted by atomic mass is 10.1. The van der Waals surface area contributed by atoms with Crippen molar-refractivity contribution in [3.8, 4) is 16.9 Å². The van der Waals surface area contributed by atoms with Crippen molar-refractivity contribution in [1.82, 2.24) is 0 Å². The minimum absolute atomic E-state index is 0.266. The molecule has 0 spiro atoms. The van der Waals surface area contributed by atoms with Crippen LogP contribution in [0.25, 0.3) is 11.1 Å². The molecule has 92 valence electrons. The summed E-state index contributed by atoms with van der Waals surface area (Å²) >= 11 is 4.82. The van der Waals surface area contributed by atoms with E-state index < -0.39 is 0 Å². The first-order chi connectivity index (χ1) is 8.69. The van der Waals surface area contributed by atoms with Crippen molar-refractivity contribution >= 4 is 23.0 Å². The van der Waals surface area contributed by atoms with E-state index in [1.807, 2.05) is 48.5 Å². The highest BCUT2D eigenvalue weighted by atomic mass is 32.1. The van der Waals surface area contributed by atoms with E-state index in [9.17, 15) is 0 Å². The van der Waals surface area contributed by atoms with E-state index in [1.54, 1.807) is 7.11 Å². The molecule has 0 bridgehead atoms. The molecular weight excluding hydrogens is 244 g/mol. The van der Waals surface area contributed by atoms with E-state index in [-0.39, 0.29) is 5.11 Å². The predicted molar refractivity (Wildman–Crippen MR) is 78.8 cm³/mol. The Morgan fingerprint density at radius 3 is 2.44 bits per heavy atom. The Balaban J connectivity index is 2.29. The third-order valence-corrected chi connectivity index (χ3v) is 2.66. The van der Waals surface area contributed by atoms with Crippen molar-refractivity contribution in [2.75, 3.05) is 12.4 Å². The van der Waals surface area contributed by atoms with Crippen LogP contribution in [0.2, 0.25) is 0 Å². The molecule has 2 rings (SSSR count). The normalized spacial score (nSPS) is 9.83. The minimum Gasteiger partial charge on any atom is -0.497 e. The van der Waals surface area contributed by atoms with Gasteiger partial charge in [-0.15, -0.1) is 0 Å². The Kier molecular flexibility index (Phi) is 3.79. The van der Waals surface area contributed by atoms with Crippen molar-refractivity contribution in [3.63, 3.8) is 0 Å². The second kappa shape index (κ2) is 5.51. The topological polar surface area (TPSA) is 47.3 Å². The molecule has 4 heteroatoms. The molecule has 0 aliphatic heterocycles. The summed E-state index contributed by atoms with van der Waals surface area (Å²) in [7, 11) is 1.65. The molecule has 2 aromatic carbocycles. The highest BCUT2D eigenvalue weighted by molar-refractivity contribution is 7.80. The maximum atomic E-state index is 5.45. The number of ether oxygens (including phenoxy) is 1. The lowest BCUT2D eigenvalue weighted by Crippen LogP contribution is -2.18. The Hall–Kier alpha value is -2.07. The third kappa shape index (κ3) is 2.99. The van der Waals surface area contributed by atoms with Crippen LogP contribution < -0.4 is 15.8 Å². The minimum atomic E-state index is 0.266. The van der Waals surface area contributed by atoms with Gasteiger partial charge in [-0.1, -0.05) is 24.3 Å². The number of thiocarbonyl (C=S) groups is 1. The highest BCUT2D eigenvalue weighted by Gasteiger charge is 2.00. The number of anilines is 1. The lowest BCUT2D eigenvalue weighted by molar-refractivity contribution is 0.415. The van der Waals surface area contributed by atoms with Crippen LogP contribution in [0.1, 0.15) is 0 Å². The van der Waals surface area contributed by atoms with E-state index in [2.05, 4.69) is 5.32 Å². The quantitative estimate of drug-likeness (QED) is 0.831. The predicted octanol–water partition coefficient (Wildman–Crippen LogP) is 3.02. The van der Waals surface area contributed by atoms with E-state index in [4.69, 9.17) is 22.7 Å². The van der Waals surface area contributed by atoms with Gasteiger partial charge in [0.25, 0.3) is 0 Å². The van der Waals surface area contributed by atoms with E-state index in [0.29, 0.717) is 0 Å². The SMILES string of the molecule is COc1ccc(-c2cccc(NC(N)=S)c2)cc1. The van der Waals surface area contributed by atoms with Crippen LogP contribution in [0.4, 0.5) is 5.69 Å². The molecule has 2 aromatic rings. The summed E-state index contributed by atoms with van der Waals surface area (Å²) in [6.07, 6.45) is 0. The van der Waals surface area contributed by atoms with Crippen molar-refractivity contribution in [2.24, 2.45) is 5.73 Å². The standard InChI is InChI=1S/C14H14N2OS/c1-17-13-7-5-10(6-8-13)11-3-2-4-12(9-11)16-14(15)18/h2-9H,1H3,(H3,15,16,18). The number of benzene rings is 2. The summed E-state index contributed by atoms with van der Waals surface area (Å²) in [5.74, 6) is 0.844. The first kappa shape index (κ1) is 12.4. The van der Waals surface area contributed by atoms with E-state index in [0.717, 1.165) is 22.6 Å². The van der Waals surface area contributed by atoms with Crippen LogP contribution in [0.5, 0.6) is 5.75 Å². The van der Waals surface area contributed by atoms with Crippen molar-refractivity contribution in [2.45, 2.75) is 0 Å². The number of methoxy groups -OCH3 is 1. The van der Waals surface area contributed by atoms with Crippen molar-refractivity contribution < 1.29 is 4.74 Å². The fraction of sp³-hybridized carbons (Fsp3) is 0.0714. The zero-order valence-electron chi connectivity index (χ0n) is 10.0. The van der Waals surface area contributed by atoms with Gasteiger partial charge in [-0.05, 0) is 47.6 Å². The van der Waals surface area contributed by atoms with Crippen LogP contribution in [0.3, 0.4) is 0 Å². The molecule has 0 saturated heterocycles. The molecule has 3 nitrogen and oxygen atoms in total. The van der Waals surface area contributed by atoms with Gasteiger partial charge in [-0.2, -0.15) is 0 Å². The zero-order chi connectivity index (χ0) is 13.0. The molecule has 0 radical (unpaired) electrons. The maximum Gasteiger partial charge on any atom is 0.168 e. The Morgan fingerprint density at radius 2 is 1.83 bits per heavy atom. The Morgan fingerprint density at radius 1 is 1.11 bits per heavy atom. The van der Waals surface area contributed by atoms with Gasteiger partial charge in [-0.25, -0.2) is 0 Å². The molecule has 0 fully saturated rings. The van der Waals surface area contributed by atoms with Crippen LogP contribution in [0.15, 0.2) is 48.5 Å².